The number of fused-ring (bicyclic) bond motifs is 2. The lowest BCUT2D eigenvalue weighted by Gasteiger charge is -2.40. The summed E-state index contributed by atoms with van der Waals surface area (Å²) in [5.74, 6) is 3.27. The molecule has 2 aromatic heterocycles. The molecular weight excluding hydrogens is 344 g/mol. The van der Waals surface area contributed by atoms with E-state index in [4.69, 9.17) is 9.47 Å². The summed E-state index contributed by atoms with van der Waals surface area (Å²) in [5, 5.41) is 16.0. The van der Waals surface area contributed by atoms with Crippen LogP contribution < -0.4 is 19.7 Å². The Kier molecular flexibility index (Phi) is 4.05. The molecule has 2 aliphatic rings. The summed E-state index contributed by atoms with van der Waals surface area (Å²) in [6, 6.07) is 10.4. The Morgan fingerprint density at radius 1 is 1.15 bits per heavy atom. The number of ether oxygens (including phenoxy) is 2. The Bertz CT molecular complexity index is 952. The number of rotatable bonds is 5. The molecule has 27 heavy (non-hydrogen) atoms. The Labute approximate surface area is 157 Å². The second-order valence-corrected chi connectivity index (χ2v) is 7.13. The zero-order valence-corrected chi connectivity index (χ0v) is 15.2. The molecule has 0 saturated carbocycles. The van der Waals surface area contributed by atoms with Crippen LogP contribution in [0, 0.1) is 5.92 Å². The van der Waals surface area contributed by atoms with E-state index in [1.807, 2.05) is 18.2 Å². The maximum absolute atomic E-state index is 5.68. The fraction of sp³-hybridized carbons (Fsp3) is 0.421. The lowest BCUT2D eigenvalue weighted by atomic mass is 9.99. The van der Waals surface area contributed by atoms with Crippen molar-refractivity contribution in [3.8, 4) is 11.5 Å². The van der Waals surface area contributed by atoms with Gasteiger partial charge in [0.15, 0.2) is 17.1 Å². The van der Waals surface area contributed by atoms with Crippen LogP contribution in [0.2, 0.25) is 0 Å². The minimum Gasteiger partial charge on any atom is -0.486 e. The lowest BCUT2D eigenvalue weighted by Crippen LogP contribution is -2.51. The van der Waals surface area contributed by atoms with Gasteiger partial charge in [0, 0.05) is 31.6 Å². The van der Waals surface area contributed by atoms with Crippen LogP contribution in [0.4, 0.5) is 5.82 Å². The molecule has 3 aromatic rings. The van der Waals surface area contributed by atoms with Crippen molar-refractivity contribution < 1.29 is 9.47 Å². The van der Waals surface area contributed by atoms with Crippen molar-refractivity contribution in [2.24, 2.45) is 5.92 Å². The highest BCUT2D eigenvalue weighted by Crippen LogP contribution is 2.32. The van der Waals surface area contributed by atoms with Crippen molar-refractivity contribution in [2.45, 2.75) is 13.0 Å². The first kappa shape index (κ1) is 16.3. The number of nitrogens with zero attached hydrogens (tertiary/aromatic N) is 5. The maximum atomic E-state index is 5.68. The highest BCUT2D eigenvalue weighted by molar-refractivity contribution is 5.47. The van der Waals surface area contributed by atoms with E-state index in [0.717, 1.165) is 42.6 Å². The average Bonchev–Trinajstić information content (AvgIpc) is 3.14. The fourth-order valence-electron chi connectivity index (χ4n) is 3.56. The fourth-order valence-corrected chi connectivity index (χ4v) is 3.56. The van der Waals surface area contributed by atoms with Gasteiger partial charge >= 0.3 is 0 Å². The summed E-state index contributed by atoms with van der Waals surface area (Å²) in [6.45, 7) is 6.40. The lowest BCUT2D eigenvalue weighted by molar-refractivity contribution is 0.171. The number of hydrogen-bond acceptors (Lipinski definition) is 7. The van der Waals surface area contributed by atoms with Gasteiger partial charge in [-0.3, -0.25) is 0 Å². The minimum absolute atomic E-state index is 0.265. The minimum atomic E-state index is 0.265. The molecule has 1 fully saturated rings. The Morgan fingerprint density at radius 3 is 2.89 bits per heavy atom. The number of nitrogens with one attached hydrogen (secondary N) is 1. The van der Waals surface area contributed by atoms with Crippen molar-refractivity contribution in [2.75, 3.05) is 37.7 Å². The molecule has 1 atom stereocenters. The third-order valence-corrected chi connectivity index (χ3v) is 5.21. The molecule has 4 heterocycles. The molecule has 5 rings (SSSR count). The third kappa shape index (κ3) is 3.16. The van der Waals surface area contributed by atoms with E-state index in [1.54, 1.807) is 10.8 Å². The first-order valence-electron chi connectivity index (χ1n) is 9.31. The molecule has 8 nitrogen and oxygen atoms in total. The summed E-state index contributed by atoms with van der Waals surface area (Å²) < 4.78 is 13.0. The third-order valence-electron chi connectivity index (χ3n) is 5.21. The summed E-state index contributed by atoms with van der Waals surface area (Å²) in [4.78, 5) is 2.28. The van der Waals surface area contributed by atoms with Gasteiger partial charge in [-0.2, -0.15) is 4.52 Å². The standard InChI is InChI=1S/C19H22N6O2/c1-13(15-2-3-16-17(8-15)27-7-6-26-16)20-9-14-10-24(11-14)19-5-4-18-22-21-12-25(18)23-19/h2-5,8,12-14,20H,6-7,9-11H2,1H3. The predicted octanol–water partition coefficient (Wildman–Crippen LogP) is 1.68. The SMILES string of the molecule is CC(NCC1CN(c2ccc3nncn3n2)C1)c1ccc2c(c1)OCCO2. The van der Waals surface area contributed by atoms with Gasteiger partial charge < -0.3 is 19.7 Å². The Hall–Kier alpha value is -2.87. The molecule has 0 radical (unpaired) electrons. The molecule has 0 amide bonds. The van der Waals surface area contributed by atoms with Crippen LogP contribution in [-0.4, -0.2) is 52.7 Å². The van der Waals surface area contributed by atoms with E-state index in [9.17, 15) is 0 Å². The van der Waals surface area contributed by atoms with Crippen molar-refractivity contribution >= 4 is 11.5 Å². The van der Waals surface area contributed by atoms with Gasteiger partial charge in [0.05, 0.1) is 0 Å². The molecule has 1 saturated heterocycles. The van der Waals surface area contributed by atoms with Crippen LogP contribution in [0.3, 0.4) is 0 Å². The molecule has 1 N–H and O–H groups in total. The predicted molar refractivity (Wildman–Crippen MR) is 100 cm³/mol. The van der Waals surface area contributed by atoms with Crippen molar-refractivity contribution in [3.63, 3.8) is 0 Å². The van der Waals surface area contributed by atoms with E-state index < -0.39 is 0 Å². The molecular formula is C19H22N6O2. The molecule has 8 heteroatoms. The highest BCUT2D eigenvalue weighted by atomic mass is 16.6. The largest absolute Gasteiger partial charge is 0.486 e. The van der Waals surface area contributed by atoms with Crippen LogP contribution in [0.25, 0.3) is 5.65 Å². The smallest absolute Gasteiger partial charge is 0.177 e. The number of benzene rings is 1. The molecule has 140 valence electrons. The highest BCUT2D eigenvalue weighted by Gasteiger charge is 2.28. The van der Waals surface area contributed by atoms with Gasteiger partial charge in [0.1, 0.15) is 25.4 Å². The van der Waals surface area contributed by atoms with Gasteiger partial charge in [-0.1, -0.05) is 6.07 Å². The number of hydrogen-bond donors (Lipinski definition) is 1. The normalized spacial score (nSPS) is 17.7. The molecule has 1 aromatic carbocycles. The van der Waals surface area contributed by atoms with Crippen LogP contribution in [-0.2, 0) is 0 Å². The summed E-state index contributed by atoms with van der Waals surface area (Å²) in [7, 11) is 0. The summed E-state index contributed by atoms with van der Waals surface area (Å²) >= 11 is 0. The topological polar surface area (TPSA) is 76.8 Å². The number of aromatic nitrogens is 4. The second kappa shape index (κ2) is 6.70. The Balaban J connectivity index is 1.15. The molecule has 0 aliphatic carbocycles. The van der Waals surface area contributed by atoms with Gasteiger partial charge in [0.2, 0.25) is 0 Å². The van der Waals surface area contributed by atoms with E-state index in [-0.39, 0.29) is 6.04 Å². The van der Waals surface area contributed by atoms with Gasteiger partial charge in [0.25, 0.3) is 0 Å². The first-order valence-corrected chi connectivity index (χ1v) is 9.31. The summed E-state index contributed by atoms with van der Waals surface area (Å²) in [6.07, 6.45) is 1.63. The van der Waals surface area contributed by atoms with Gasteiger partial charge in [-0.15, -0.1) is 15.3 Å². The Morgan fingerprint density at radius 2 is 2.00 bits per heavy atom. The number of anilines is 1. The first-order chi connectivity index (χ1) is 13.3. The van der Waals surface area contributed by atoms with Crippen molar-refractivity contribution in [1.29, 1.82) is 0 Å². The zero-order valence-electron chi connectivity index (χ0n) is 15.2. The van der Waals surface area contributed by atoms with Crippen LogP contribution in [0.1, 0.15) is 18.5 Å². The summed E-state index contributed by atoms with van der Waals surface area (Å²) in [5.41, 5.74) is 1.99. The van der Waals surface area contributed by atoms with E-state index in [2.05, 4.69) is 44.6 Å². The molecule has 0 spiro atoms. The van der Waals surface area contributed by atoms with Crippen LogP contribution >= 0.6 is 0 Å². The second-order valence-electron chi connectivity index (χ2n) is 7.13. The quantitative estimate of drug-likeness (QED) is 0.736. The maximum Gasteiger partial charge on any atom is 0.177 e. The monoisotopic (exact) mass is 366 g/mol. The zero-order chi connectivity index (χ0) is 18.2. The van der Waals surface area contributed by atoms with Crippen molar-refractivity contribution in [1.82, 2.24) is 25.1 Å². The van der Waals surface area contributed by atoms with E-state index in [1.165, 1.54) is 5.56 Å². The van der Waals surface area contributed by atoms with E-state index >= 15 is 0 Å². The average molecular weight is 366 g/mol. The van der Waals surface area contributed by atoms with Gasteiger partial charge in [-0.25, -0.2) is 0 Å². The van der Waals surface area contributed by atoms with E-state index in [0.29, 0.717) is 19.1 Å². The van der Waals surface area contributed by atoms with Crippen molar-refractivity contribution in [3.05, 3.63) is 42.2 Å². The molecule has 2 aliphatic heterocycles. The molecule has 0 bridgehead atoms. The molecule has 1 unspecified atom stereocenters. The van der Waals surface area contributed by atoms with Crippen LogP contribution in [0.5, 0.6) is 11.5 Å². The van der Waals surface area contributed by atoms with Crippen LogP contribution in [0.15, 0.2) is 36.7 Å². The van der Waals surface area contributed by atoms with Gasteiger partial charge in [-0.05, 0) is 36.8 Å².